The number of fused-ring (bicyclic) bond motifs is 3. The topological polar surface area (TPSA) is 105 Å². The monoisotopic (exact) mass is 361 g/mol. The van der Waals surface area contributed by atoms with E-state index in [-0.39, 0.29) is 31.0 Å². The van der Waals surface area contributed by atoms with Crippen LogP contribution in [0.4, 0.5) is 5.69 Å². The van der Waals surface area contributed by atoms with E-state index in [2.05, 4.69) is 5.32 Å². The Morgan fingerprint density at radius 1 is 1.23 bits per heavy atom. The molecular weight excluding hydrogens is 338 g/mol. The van der Waals surface area contributed by atoms with Crippen LogP contribution in [0.25, 0.3) is 0 Å². The van der Waals surface area contributed by atoms with Crippen molar-refractivity contribution < 1.29 is 29.3 Å². The number of carbonyl (C=O) groups excluding carboxylic acids is 1. The van der Waals surface area contributed by atoms with Gasteiger partial charge < -0.3 is 25.0 Å². The largest absolute Gasteiger partial charge is 0.487 e. The van der Waals surface area contributed by atoms with Crippen LogP contribution in [0, 0.1) is 5.92 Å². The fraction of sp³-hybridized carbons (Fsp3) is 0.579. The third kappa shape index (κ3) is 3.54. The zero-order valence-electron chi connectivity index (χ0n) is 14.4. The van der Waals surface area contributed by atoms with E-state index in [1.165, 1.54) is 0 Å². The van der Waals surface area contributed by atoms with Crippen molar-refractivity contribution in [1.29, 1.82) is 0 Å². The van der Waals surface area contributed by atoms with Gasteiger partial charge in [-0.3, -0.25) is 9.59 Å². The minimum atomic E-state index is -0.926. The molecule has 0 spiro atoms. The molecule has 0 radical (unpaired) electrons. The van der Waals surface area contributed by atoms with E-state index in [0.29, 0.717) is 24.5 Å². The number of aliphatic hydroxyl groups excluding tert-OH is 1. The minimum absolute atomic E-state index is 0.0203. The molecule has 3 N–H and O–H groups in total. The Bertz CT molecular complexity index is 716. The smallest absolute Gasteiger partial charge is 0.305 e. The van der Waals surface area contributed by atoms with E-state index in [0.717, 1.165) is 24.1 Å². The summed E-state index contributed by atoms with van der Waals surface area (Å²) in [6.45, 7) is -0.226. The Hall–Kier alpha value is -2.12. The summed E-state index contributed by atoms with van der Waals surface area (Å²) in [5.41, 5.74) is 1.66. The maximum absolute atomic E-state index is 12.1. The molecule has 0 unspecified atom stereocenters. The zero-order valence-corrected chi connectivity index (χ0v) is 14.4. The van der Waals surface area contributed by atoms with Gasteiger partial charge in [-0.2, -0.15) is 0 Å². The van der Waals surface area contributed by atoms with Crippen molar-refractivity contribution in [3.05, 3.63) is 23.8 Å². The lowest BCUT2D eigenvalue weighted by atomic mass is 9.84. The first-order valence-corrected chi connectivity index (χ1v) is 9.12. The molecule has 7 nitrogen and oxygen atoms in total. The predicted octanol–water partition coefficient (Wildman–Crippen LogP) is 1.89. The molecule has 1 amide bonds. The molecule has 0 bridgehead atoms. The van der Waals surface area contributed by atoms with E-state index in [1.807, 2.05) is 18.2 Å². The summed E-state index contributed by atoms with van der Waals surface area (Å²) in [7, 11) is 0. The van der Waals surface area contributed by atoms with E-state index in [1.54, 1.807) is 0 Å². The third-order valence-corrected chi connectivity index (χ3v) is 5.36. The first kappa shape index (κ1) is 17.3. The molecule has 2 fully saturated rings. The number of nitrogens with one attached hydrogen (secondary N) is 1. The van der Waals surface area contributed by atoms with Crippen LogP contribution < -0.4 is 10.1 Å². The summed E-state index contributed by atoms with van der Waals surface area (Å²) in [5.74, 6) is 0.269. The summed E-state index contributed by atoms with van der Waals surface area (Å²) in [6, 6.07) is 5.54. The van der Waals surface area contributed by atoms with Gasteiger partial charge in [0.05, 0.1) is 19.1 Å². The fourth-order valence-electron chi connectivity index (χ4n) is 3.96. The second-order valence-electron chi connectivity index (χ2n) is 7.45. The van der Waals surface area contributed by atoms with Gasteiger partial charge in [0.15, 0.2) is 0 Å². The Morgan fingerprint density at radius 2 is 2.04 bits per heavy atom. The SMILES string of the molecule is O=C(O)C[C@H]1C[C@H]2c3cc(NC(=O)CC4CC4)ccc3O[C@H]2[C@@H](CO)O1. The van der Waals surface area contributed by atoms with Crippen LogP contribution in [0.1, 0.15) is 43.6 Å². The maximum Gasteiger partial charge on any atom is 0.305 e. The van der Waals surface area contributed by atoms with E-state index < -0.39 is 18.2 Å². The van der Waals surface area contributed by atoms with Crippen molar-refractivity contribution in [2.45, 2.75) is 56.3 Å². The molecular formula is C19H23NO6. The van der Waals surface area contributed by atoms with Crippen molar-refractivity contribution in [1.82, 2.24) is 0 Å². The van der Waals surface area contributed by atoms with Crippen molar-refractivity contribution in [2.24, 2.45) is 5.92 Å². The Kier molecular flexibility index (Phi) is 4.58. The normalized spacial score (nSPS) is 29.4. The molecule has 2 heterocycles. The molecule has 4 rings (SSSR count). The van der Waals surface area contributed by atoms with Gasteiger partial charge in [0.25, 0.3) is 0 Å². The third-order valence-electron chi connectivity index (χ3n) is 5.36. The van der Waals surface area contributed by atoms with E-state index >= 15 is 0 Å². The number of amides is 1. The predicted molar refractivity (Wildman–Crippen MR) is 92.2 cm³/mol. The van der Waals surface area contributed by atoms with Crippen LogP contribution in [0.5, 0.6) is 5.75 Å². The van der Waals surface area contributed by atoms with Crippen molar-refractivity contribution in [3.63, 3.8) is 0 Å². The molecule has 3 aliphatic rings. The summed E-state index contributed by atoms with van der Waals surface area (Å²) in [5, 5.41) is 21.6. The Balaban J connectivity index is 1.52. The number of benzene rings is 1. The van der Waals surface area contributed by atoms with Crippen molar-refractivity contribution in [3.8, 4) is 5.75 Å². The van der Waals surface area contributed by atoms with Gasteiger partial charge in [0.2, 0.25) is 5.91 Å². The lowest BCUT2D eigenvalue weighted by Gasteiger charge is -2.36. The molecule has 0 aromatic heterocycles. The van der Waals surface area contributed by atoms with Crippen LogP contribution in [0.3, 0.4) is 0 Å². The van der Waals surface area contributed by atoms with Crippen LogP contribution >= 0.6 is 0 Å². The van der Waals surface area contributed by atoms with Gasteiger partial charge in [-0.05, 0) is 43.4 Å². The van der Waals surface area contributed by atoms with Gasteiger partial charge in [-0.25, -0.2) is 0 Å². The van der Waals surface area contributed by atoms with Gasteiger partial charge >= 0.3 is 5.97 Å². The van der Waals surface area contributed by atoms with Gasteiger partial charge in [0, 0.05) is 23.6 Å². The standard InChI is InChI=1S/C19H23NO6/c21-9-16-19-14(7-12(25-16)8-18(23)24)13-6-11(3-4-15(13)26-19)20-17(22)5-10-1-2-10/h3-4,6,10,12,14,16,19,21H,1-2,5,7-9H2,(H,20,22)(H,23,24)/t12-,14+,16-,19-/m1/s1. The zero-order chi connectivity index (χ0) is 18.3. The molecule has 1 aliphatic carbocycles. The highest BCUT2D eigenvalue weighted by molar-refractivity contribution is 5.91. The first-order chi connectivity index (χ1) is 12.5. The molecule has 4 atom stereocenters. The number of carboxylic acid groups (broad SMARTS) is 1. The average molecular weight is 361 g/mol. The molecule has 2 aliphatic heterocycles. The summed E-state index contributed by atoms with van der Waals surface area (Å²) >= 11 is 0. The molecule has 7 heteroatoms. The van der Waals surface area contributed by atoms with Crippen LogP contribution in [0.2, 0.25) is 0 Å². The quantitative estimate of drug-likeness (QED) is 0.715. The number of ether oxygens (including phenoxy) is 2. The highest BCUT2D eigenvalue weighted by Gasteiger charge is 2.46. The number of anilines is 1. The summed E-state index contributed by atoms with van der Waals surface area (Å²) in [6.07, 6.45) is 1.86. The number of rotatable bonds is 6. The van der Waals surface area contributed by atoms with Crippen LogP contribution in [-0.4, -0.2) is 47.0 Å². The van der Waals surface area contributed by atoms with E-state index in [4.69, 9.17) is 14.6 Å². The van der Waals surface area contributed by atoms with Gasteiger partial charge in [-0.15, -0.1) is 0 Å². The molecule has 1 saturated heterocycles. The van der Waals surface area contributed by atoms with Gasteiger partial charge in [0.1, 0.15) is 18.0 Å². The van der Waals surface area contributed by atoms with Crippen LogP contribution in [0.15, 0.2) is 18.2 Å². The average Bonchev–Trinajstić information content (AvgIpc) is 3.33. The molecule has 140 valence electrons. The number of aliphatic hydroxyl groups is 1. The number of carboxylic acids is 1. The maximum atomic E-state index is 12.1. The molecule has 26 heavy (non-hydrogen) atoms. The van der Waals surface area contributed by atoms with E-state index in [9.17, 15) is 14.7 Å². The van der Waals surface area contributed by atoms with Gasteiger partial charge in [-0.1, -0.05) is 0 Å². The number of aliphatic carboxylic acids is 1. The first-order valence-electron chi connectivity index (χ1n) is 9.12. The van der Waals surface area contributed by atoms with Crippen molar-refractivity contribution in [2.75, 3.05) is 11.9 Å². The summed E-state index contributed by atoms with van der Waals surface area (Å²) < 4.78 is 11.7. The van der Waals surface area contributed by atoms with Crippen molar-refractivity contribution >= 4 is 17.6 Å². The Morgan fingerprint density at radius 3 is 2.73 bits per heavy atom. The number of hydrogen-bond donors (Lipinski definition) is 3. The lowest BCUT2D eigenvalue weighted by Crippen LogP contribution is -2.46. The second kappa shape index (κ2) is 6.89. The molecule has 1 aromatic rings. The lowest BCUT2D eigenvalue weighted by molar-refractivity contribution is -0.153. The highest BCUT2D eigenvalue weighted by Crippen LogP contribution is 2.47. The molecule has 1 saturated carbocycles. The minimum Gasteiger partial charge on any atom is -0.487 e. The summed E-state index contributed by atoms with van der Waals surface area (Å²) in [4.78, 5) is 23.1. The fourth-order valence-corrected chi connectivity index (χ4v) is 3.96. The highest BCUT2D eigenvalue weighted by atomic mass is 16.6. The number of hydrogen-bond acceptors (Lipinski definition) is 5. The van der Waals surface area contributed by atoms with Crippen LogP contribution in [-0.2, 0) is 14.3 Å². The number of carbonyl (C=O) groups is 2. The molecule has 1 aromatic carbocycles. The second-order valence-corrected chi connectivity index (χ2v) is 7.45. The Labute approximate surface area is 151 Å².